The first-order valence-corrected chi connectivity index (χ1v) is 12.9. The molecule has 1 fully saturated rings. The maximum Gasteiger partial charge on any atom is 0.416 e. The zero-order valence-electron chi connectivity index (χ0n) is 19.8. The van der Waals surface area contributed by atoms with E-state index in [-0.39, 0.29) is 37.5 Å². The van der Waals surface area contributed by atoms with Gasteiger partial charge in [0.25, 0.3) is 0 Å². The number of unbranched alkanes of at least 4 members (excludes halogenated alkanes) is 1. The van der Waals surface area contributed by atoms with Gasteiger partial charge in [-0.2, -0.15) is 17.5 Å². The van der Waals surface area contributed by atoms with Crippen LogP contribution in [0.1, 0.15) is 24.8 Å². The molecule has 0 saturated carbocycles. The Morgan fingerprint density at radius 2 is 1.65 bits per heavy atom. The molecule has 2 aromatic rings. The SMILES string of the molecule is O=C(CCCCNC(=O)Nc1ccc(S(=O)(=O)N2CCN(c3cccc(C(F)(F)F)c3)CC2)cc1)NO. The third-order valence-electron chi connectivity index (χ3n) is 5.77. The monoisotopic (exact) mass is 543 g/mol. The third-order valence-corrected chi connectivity index (χ3v) is 7.68. The number of nitrogens with zero attached hydrogens (tertiary/aromatic N) is 2. The first-order valence-electron chi connectivity index (χ1n) is 11.5. The van der Waals surface area contributed by atoms with Crippen LogP contribution in [0.4, 0.5) is 29.3 Å². The van der Waals surface area contributed by atoms with E-state index in [0.717, 1.165) is 12.1 Å². The molecule has 0 radical (unpaired) electrons. The Hall–Kier alpha value is -3.36. The molecule has 0 bridgehead atoms. The first kappa shape index (κ1) is 28.2. The zero-order chi connectivity index (χ0) is 27.1. The van der Waals surface area contributed by atoms with Gasteiger partial charge in [-0.3, -0.25) is 10.0 Å². The molecular weight excluding hydrogens is 515 g/mol. The summed E-state index contributed by atoms with van der Waals surface area (Å²) in [6, 6.07) is 10.1. The fraction of sp³-hybridized carbons (Fsp3) is 0.391. The number of carbonyl (C=O) groups excluding carboxylic acids is 2. The van der Waals surface area contributed by atoms with Crippen molar-refractivity contribution in [1.29, 1.82) is 0 Å². The molecule has 1 heterocycles. The summed E-state index contributed by atoms with van der Waals surface area (Å²) in [4.78, 5) is 24.7. The number of sulfonamides is 1. The van der Waals surface area contributed by atoms with Crippen LogP contribution in [-0.4, -0.2) is 62.6 Å². The molecule has 1 aliphatic heterocycles. The Labute approximate surface area is 212 Å². The molecule has 0 aromatic heterocycles. The van der Waals surface area contributed by atoms with Crippen molar-refractivity contribution in [2.45, 2.75) is 30.3 Å². The molecule has 202 valence electrons. The van der Waals surface area contributed by atoms with Crippen molar-refractivity contribution in [3.63, 3.8) is 0 Å². The summed E-state index contributed by atoms with van der Waals surface area (Å²) in [5.74, 6) is -0.503. The molecule has 10 nitrogen and oxygen atoms in total. The number of alkyl halides is 3. The van der Waals surface area contributed by atoms with Gasteiger partial charge in [-0.25, -0.2) is 18.7 Å². The van der Waals surface area contributed by atoms with E-state index in [2.05, 4.69) is 10.6 Å². The predicted octanol–water partition coefficient (Wildman–Crippen LogP) is 3.01. The fourth-order valence-corrected chi connectivity index (χ4v) is 5.19. The van der Waals surface area contributed by atoms with E-state index in [1.54, 1.807) is 11.0 Å². The number of rotatable bonds is 9. The molecule has 2 aromatic carbocycles. The van der Waals surface area contributed by atoms with Crippen LogP contribution in [0.2, 0.25) is 0 Å². The van der Waals surface area contributed by atoms with E-state index in [0.29, 0.717) is 30.8 Å². The van der Waals surface area contributed by atoms with Crippen LogP contribution < -0.4 is 21.0 Å². The minimum Gasteiger partial charge on any atom is -0.369 e. The molecule has 4 N–H and O–H groups in total. The molecule has 3 amide bonds. The molecular formula is C23H28F3N5O5S. The second kappa shape index (κ2) is 12.3. The van der Waals surface area contributed by atoms with Crippen LogP contribution in [-0.2, 0) is 21.0 Å². The molecule has 0 aliphatic carbocycles. The van der Waals surface area contributed by atoms with E-state index in [9.17, 15) is 31.2 Å². The lowest BCUT2D eigenvalue weighted by Crippen LogP contribution is -2.48. The first-order chi connectivity index (χ1) is 17.5. The number of piperazine rings is 1. The number of carbonyl (C=O) groups is 2. The maximum absolute atomic E-state index is 13.0. The van der Waals surface area contributed by atoms with Crippen LogP contribution in [0.5, 0.6) is 0 Å². The van der Waals surface area contributed by atoms with Crippen LogP contribution in [0.3, 0.4) is 0 Å². The van der Waals surface area contributed by atoms with Gasteiger partial charge < -0.3 is 15.5 Å². The highest BCUT2D eigenvalue weighted by Gasteiger charge is 2.32. The topological polar surface area (TPSA) is 131 Å². The predicted molar refractivity (Wildman–Crippen MR) is 130 cm³/mol. The molecule has 3 rings (SSSR count). The highest BCUT2D eigenvalue weighted by molar-refractivity contribution is 7.89. The number of anilines is 2. The lowest BCUT2D eigenvalue weighted by Gasteiger charge is -2.35. The van der Waals surface area contributed by atoms with E-state index < -0.39 is 33.7 Å². The Bertz CT molecular complexity index is 1180. The largest absolute Gasteiger partial charge is 0.416 e. The fourth-order valence-electron chi connectivity index (χ4n) is 3.77. The summed E-state index contributed by atoms with van der Waals surface area (Å²) >= 11 is 0. The van der Waals surface area contributed by atoms with Gasteiger partial charge in [0, 0.05) is 50.5 Å². The molecule has 1 saturated heterocycles. The third kappa shape index (κ3) is 7.81. The van der Waals surface area contributed by atoms with Gasteiger partial charge in [0.05, 0.1) is 10.5 Å². The average Bonchev–Trinajstić information content (AvgIpc) is 2.88. The van der Waals surface area contributed by atoms with Crippen LogP contribution in [0, 0.1) is 0 Å². The van der Waals surface area contributed by atoms with Gasteiger partial charge >= 0.3 is 12.2 Å². The number of urea groups is 1. The van der Waals surface area contributed by atoms with Gasteiger partial charge in [0.1, 0.15) is 0 Å². The van der Waals surface area contributed by atoms with E-state index in [1.165, 1.54) is 40.1 Å². The highest BCUT2D eigenvalue weighted by atomic mass is 32.2. The average molecular weight is 544 g/mol. The van der Waals surface area contributed by atoms with Gasteiger partial charge in [-0.15, -0.1) is 0 Å². The van der Waals surface area contributed by atoms with Crippen molar-refractivity contribution in [1.82, 2.24) is 15.1 Å². The second-order valence-electron chi connectivity index (χ2n) is 8.34. The Morgan fingerprint density at radius 3 is 2.27 bits per heavy atom. The van der Waals surface area contributed by atoms with Crippen LogP contribution in [0.15, 0.2) is 53.4 Å². The van der Waals surface area contributed by atoms with Crippen LogP contribution >= 0.6 is 0 Å². The highest BCUT2D eigenvalue weighted by Crippen LogP contribution is 2.32. The van der Waals surface area contributed by atoms with Gasteiger partial charge in [-0.1, -0.05) is 6.07 Å². The van der Waals surface area contributed by atoms with Crippen molar-refractivity contribution in [3.8, 4) is 0 Å². The summed E-state index contributed by atoms with van der Waals surface area (Å²) in [7, 11) is -3.83. The molecule has 1 aliphatic rings. The van der Waals surface area contributed by atoms with Crippen molar-refractivity contribution < 1.29 is 36.4 Å². The standard InChI is InChI=1S/C23H28F3N5O5S/c24-23(25,26)17-4-3-5-19(16-17)30-12-14-31(15-13-30)37(35,36)20-9-7-18(8-10-20)28-22(33)27-11-2-1-6-21(32)29-34/h3-5,7-10,16,34H,1-2,6,11-15H2,(H,29,32)(H2,27,28,33). The zero-order valence-corrected chi connectivity index (χ0v) is 20.6. The lowest BCUT2D eigenvalue weighted by molar-refractivity contribution is -0.137. The summed E-state index contributed by atoms with van der Waals surface area (Å²) in [5.41, 5.74) is 1.54. The minimum absolute atomic E-state index is 0.0353. The van der Waals surface area contributed by atoms with E-state index in [4.69, 9.17) is 5.21 Å². The number of benzene rings is 2. The number of hydrogen-bond acceptors (Lipinski definition) is 6. The summed E-state index contributed by atoms with van der Waals surface area (Å²) in [5, 5.41) is 13.6. The van der Waals surface area contributed by atoms with Crippen molar-refractivity contribution in [2.75, 3.05) is 42.9 Å². The van der Waals surface area contributed by atoms with E-state index in [1.807, 2.05) is 0 Å². The molecule has 0 spiro atoms. The van der Waals surface area contributed by atoms with Gasteiger partial charge in [-0.05, 0) is 55.3 Å². The Kier molecular flexibility index (Phi) is 9.34. The number of hydrogen-bond donors (Lipinski definition) is 4. The quantitative estimate of drug-likeness (QED) is 0.219. The maximum atomic E-state index is 13.0. The molecule has 14 heteroatoms. The number of hydroxylamine groups is 1. The smallest absolute Gasteiger partial charge is 0.369 e. The lowest BCUT2D eigenvalue weighted by atomic mass is 10.1. The minimum atomic E-state index is -4.46. The summed E-state index contributed by atoms with van der Waals surface area (Å²) < 4.78 is 66.4. The van der Waals surface area contributed by atoms with E-state index >= 15 is 0 Å². The molecule has 37 heavy (non-hydrogen) atoms. The van der Waals surface area contributed by atoms with Crippen molar-refractivity contribution in [3.05, 3.63) is 54.1 Å². The molecule has 0 unspecified atom stereocenters. The number of halogens is 3. The normalized spacial score (nSPS) is 14.8. The second-order valence-corrected chi connectivity index (χ2v) is 10.3. The number of amides is 3. The number of nitrogens with one attached hydrogen (secondary N) is 3. The van der Waals surface area contributed by atoms with Crippen LogP contribution in [0.25, 0.3) is 0 Å². The summed E-state index contributed by atoms with van der Waals surface area (Å²) in [6.07, 6.45) is -3.31. The van der Waals surface area contributed by atoms with Gasteiger partial charge in [0.2, 0.25) is 15.9 Å². The summed E-state index contributed by atoms with van der Waals surface area (Å²) in [6.45, 7) is 1.02. The van der Waals surface area contributed by atoms with Gasteiger partial charge in [0.15, 0.2) is 0 Å². The van der Waals surface area contributed by atoms with Crippen molar-refractivity contribution >= 4 is 33.3 Å². The Morgan fingerprint density at radius 1 is 0.973 bits per heavy atom. The molecule has 0 atom stereocenters. The Balaban J connectivity index is 1.50. The van der Waals surface area contributed by atoms with Crippen molar-refractivity contribution in [2.24, 2.45) is 0 Å².